The number of ether oxygens (including phenoxy) is 3. The third-order valence-corrected chi connectivity index (χ3v) is 8.76. The first-order valence-electron chi connectivity index (χ1n) is 12.7. The number of hydrogen-bond donors (Lipinski definition) is 1. The van der Waals surface area contributed by atoms with E-state index in [1.54, 1.807) is 32.3 Å². The van der Waals surface area contributed by atoms with Gasteiger partial charge in [0.25, 0.3) is 0 Å². The lowest BCUT2D eigenvalue weighted by molar-refractivity contribution is 0.159. The molecule has 2 aromatic carbocycles. The third kappa shape index (κ3) is 4.98. The van der Waals surface area contributed by atoms with Crippen LogP contribution in [-0.2, 0) is 34.2 Å². The Bertz CT molecular complexity index is 1400. The van der Waals surface area contributed by atoms with E-state index in [9.17, 15) is 13.2 Å². The highest BCUT2D eigenvalue weighted by Gasteiger charge is 2.37. The summed E-state index contributed by atoms with van der Waals surface area (Å²) in [5.74, 6) is 1.22. The monoisotopic (exact) mass is 540 g/mol. The molecular weight excluding hydrogens is 508 g/mol. The van der Waals surface area contributed by atoms with Crippen LogP contribution in [-0.4, -0.2) is 52.0 Å². The zero-order chi connectivity index (χ0) is 26.9. The third-order valence-electron chi connectivity index (χ3n) is 7.27. The highest BCUT2D eigenvalue weighted by Crippen LogP contribution is 2.46. The number of benzene rings is 2. The first-order chi connectivity index (χ1) is 18.3. The number of methoxy groups -OCH3 is 2. The molecular formula is C28H32N2O7S. The maximum absolute atomic E-state index is 13.1. The van der Waals surface area contributed by atoms with E-state index in [-0.39, 0.29) is 18.4 Å². The normalized spacial score (nSPS) is 20.1. The summed E-state index contributed by atoms with van der Waals surface area (Å²) in [5, 5.41) is 2.03. The minimum absolute atomic E-state index is 0.0704. The van der Waals surface area contributed by atoms with Crippen LogP contribution in [0.4, 0.5) is 10.5 Å². The molecule has 5 rings (SSSR count). The van der Waals surface area contributed by atoms with Crippen molar-refractivity contribution in [2.24, 2.45) is 0 Å². The molecule has 0 fully saturated rings. The summed E-state index contributed by atoms with van der Waals surface area (Å²) in [6.45, 7) is 3.32. The topological polar surface area (TPSA) is 103 Å². The van der Waals surface area contributed by atoms with Crippen LogP contribution in [0.2, 0.25) is 0 Å². The minimum atomic E-state index is -3.91. The number of allylic oxidation sites excluding steroid dienone is 3. The molecule has 0 spiro atoms. The summed E-state index contributed by atoms with van der Waals surface area (Å²) in [6, 6.07) is 7.76. The predicted molar refractivity (Wildman–Crippen MR) is 143 cm³/mol. The van der Waals surface area contributed by atoms with Crippen molar-refractivity contribution in [3.8, 4) is 17.2 Å². The van der Waals surface area contributed by atoms with Crippen molar-refractivity contribution in [2.75, 3.05) is 32.7 Å². The van der Waals surface area contributed by atoms with Crippen molar-refractivity contribution in [1.29, 1.82) is 0 Å². The molecule has 0 bridgehead atoms. The Labute approximate surface area is 223 Å². The van der Waals surface area contributed by atoms with Crippen molar-refractivity contribution in [1.82, 2.24) is 4.90 Å². The van der Waals surface area contributed by atoms with Crippen LogP contribution < -0.4 is 19.0 Å². The number of carbonyl (C=O) groups is 1. The van der Waals surface area contributed by atoms with E-state index in [1.165, 1.54) is 7.11 Å². The standard InChI is InChI=1S/C28H32N2O7S/c1-4-36-28(31)29-23-14-19-12-13-30-17-22-18(15-24(30)21(19)16-26(23)35-3)10-11-25(34-2)27(22)37-38(32,33)20-8-6-5-7-9-20/h5-8,10-11,14,16,20,24H,4,9,12-13,15,17H2,1-3H3,(H,29,31). The Morgan fingerprint density at radius 2 is 1.92 bits per heavy atom. The van der Waals surface area contributed by atoms with Gasteiger partial charge in [0.05, 0.1) is 26.5 Å². The Kier molecular flexibility index (Phi) is 7.36. The summed E-state index contributed by atoms with van der Waals surface area (Å²) < 4.78 is 48.2. The molecule has 2 aromatic rings. The maximum Gasteiger partial charge on any atom is 0.411 e. The Morgan fingerprint density at radius 3 is 2.63 bits per heavy atom. The molecule has 2 atom stereocenters. The number of nitrogens with one attached hydrogen (secondary N) is 1. The first kappa shape index (κ1) is 26.1. The molecule has 1 amide bonds. The average molecular weight is 541 g/mol. The van der Waals surface area contributed by atoms with Crippen LogP contribution in [0.3, 0.4) is 0 Å². The number of amides is 1. The number of nitrogens with zero attached hydrogens (tertiary/aromatic N) is 1. The molecule has 38 heavy (non-hydrogen) atoms. The van der Waals surface area contributed by atoms with Crippen molar-refractivity contribution in [2.45, 2.75) is 44.0 Å². The molecule has 202 valence electrons. The second-order valence-electron chi connectivity index (χ2n) is 9.44. The molecule has 2 heterocycles. The van der Waals surface area contributed by atoms with E-state index >= 15 is 0 Å². The Hall–Kier alpha value is -3.50. The van der Waals surface area contributed by atoms with Crippen LogP contribution in [0.25, 0.3) is 0 Å². The minimum Gasteiger partial charge on any atom is -0.495 e. The predicted octanol–water partition coefficient (Wildman–Crippen LogP) is 4.52. The Morgan fingerprint density at radius 1 is 1.11 bits per heavy atom. The van der Waals surface area contributed by atoms with Crippen molar-refractivity contribution in [3.63, 3.8) is 0 Å². The summed E-state index contributed by atoms with van der Waals surface area (Å²) >= 11 is 0. The van der Waals surface area contributed by atoms with E-state index in [1.807, 2.05) is 30.4 Å². The first-order valence-corrected chi connectivity index (χ1v) is 14.2. The SMILES string of the molecule is CCOC(=O)Nc1cc2c(cc1OC)C1Cc3ccc(OC)c(OS(=O)(=O)C4C=CC=CC4)c3CN1CC2. The smallest absolute Gasteiger partial charge is 0.411 e. The molecule has 0 saturated carbocycles. The zero-order valence-electron chi connectivity index (χ0n) is 21.7. The van der Waals surface area contributed by atoms with E-state index in [0.29, 0.717) is 36.6 Å². The van der Waals surface area contributed by atoms with Crippen molar-refractivity contribution < 1.29 is 31.6 Å². The molecule has 3 aliphatic rings. The molecule has 9 nitrogen and oxygen atoms in total. The second kappa shape index (κ2) is 10.7. The van der Waals surface area contributed by atoms with E-state index < -0.39 is 21.5 Å². The van der Waals surface area contributed by atoms with Gasteiger partial charge in [0.1, 0.15) is 11.0 Å². The lowest BCUT2D eigenvalue weighted by Gasteiger charge is -2.42. The van der Waals surface area contributed by atoms with Crippen LogP contribution in [0.1, 0.15) is 41.6 Å². The molecule has 0 saturated heterocycles. The molecule has 2 unspecified atom stereocenters. The van der Waals surface area contributed by atoms with Crippen LogP contribution in [0.5, 0.6) is 17.2 Å². The van der Waals surface area contributed by atoms with Gasteiger partial charge in [-0.1, -0.05) is 30.4 Å². The fourth-order valence-corrected chi connectivity index (χ4v) is 6.55. The lowest BCUT2D eigenvalue weighted by atomic mass is 9.83. The second-order valence-corrected chi connectivity index (χ2v) is 11.2. The van der Waals surface area contributed by atoms with Crippen LogP contribution in [0, 0.1) is 0 Å². The summed E-state index contributed by atoms with van der Waals surface area (Å²) in [6.07, 6.45) is 8.30. The molecule has 2 aliphatic heterocycles. The van der Waals surface area contributed by atoms with Gasteiger partial charge in [-0.25, -0.2) is 4.79 Å². The van der Waals surface area contributed by atoms with Gasteiger partial charge >= 0.3 is 16.2 Å². The van der Waals surface area contributed by atoms with Gasteiger partial charge in [0, 0.05) is 24.7 Å². The summed E-state index contributed by atoms with van der Waals surface area (Å²) in [7, 11) is -0.819. The number of fused-ring (bicyclic) bond motifs is 4. The maximum atomic E-state index is 13.1. The molecule has 10 heteroatoms. The fourth-order valence-electron chi connectivity index (χ4n) is 5.38. The number of hydrogen-bond acceptors (Lipinski definition) is 8. The highest BCUT2D eigenvalue weighted by atomic mass is 32.2. The van der Waals surface area contributed by atoms with Crippen molar-refractivity contribution >= 4 is 21.9 Å². The van der Waals surface area contributed by atoms with Crippen LogP contribution >= 0.6 is 0 Å². The number of rotatable bonds is 7. The Balaban J connectivity index is 1.47. The average Bonchev–Trinajstić information content (AvgIpc) is 2.92. The van der Waals surface area contributed by atoms with Crippen molar-refractivity contribution in [3.05, 3.63) is 70.8 Å². The fraction of sp³-hybridized carbons (Fsp3) is 0.393. The van der Waals surface area contributed by atoms with E-state index in [0.717, 1.165) is 35.2 Å². The van der Waals surface area contributed by atoms with Gasteiger partial charge < -0.3 is 18.4 Å². The van der Waals surface area contributed by atoms with Crippen LogP contribution in [0.15, 0.2) is 48.6 Å². The highest BCUT2D eigenvalue weighted by molar-refractivity contribution is 7.87. The molecule has 1 aliphatic carbocycles. The summed E-state index contributed by atoms with van der Waals surface area (Å²) in [4.78, 5) is 14.4. The van der Waals surface area contributed by atoms with Gasteiger partial charge in [-0.15, -0.1) is 0 Å². The van der Waals surface area contributed by atoms with Gasteiger partial charge in [-0.3, -0.25) is 10.2 Å². The van der Waals surface area contributed by atoms with E-state index in [2.05, 4.69) is 10.2 Å². The lowest BCUT2D eigenvalue weighted by Crippen LogP contribution is -2.39. The van der Waals surface area contributed by atoms with Gasteiger partial charge in [-0.05, 0) is 61.1 Å². The van der Waals surface area contributed by atoms with Gasteiger partial charge in [-0.2, -0.15) is 8.42 Å². The molecule has 0 radical (unpaired) electrons. The summed E-state index contributed by atoms with van der Waals surface area (Å²) in [5.41, 5.74) is 4.67. The molecule has 1 N–H and O–H groups in total. The number of anilines is 1. The van der Waals surface area contributed by atoms with E-state index in [4.69, 9.17) is 18.4 Å². The largest absolute Gasteiger partial charge is 0.495 e. The number of carbonyl (C=O) groups excluding carboxylic acids is 1. The zero-order valence-corrected chi connectivity index (χ0v) is 22.5. The molecule has 0 aromatic heterocycles. The van der Waals surface area contributed by atoms with Gasteiger partial charge in [0.2, 0.25) is 0 Å². The quantitative estimate of drug-likeness (QED) is 0.512. The van der Waals surface area contributed by atoms with Gasteiger partial charge in [0.15, 0.2) is 11.5 Å².